The largest absolute Gasteiger partial charge is 0.392 e. The molecule has 0 aliphatic carbocycles. The number of nitrogens with one attached hydrogen (secondary N) is 1. The number of aliphatic hydroxyl groups is 1. The number of aryl methyl sites for hydroxylation is 2. The second kappa shape index (κ2) is 6.43. The van der Waals surface area contributed by atoms with Crippen LogP contribution in [0.3, 0.4) is 0 Å². The zero-order valence-electron chi connectivity index (χ0n) is 12.4. The molecule has 0 saturated carbocycles. The van der Waals surface area contributed by atoms with Crippen LogP contribution in [0.15, 0.2) is 41.6 Å². The maximum absolute atomic E-state index is 11.6. The number of aliphatic hydroxyl groups excluding tert-OH is 1. The van der Waals surface area contributed by atoms with Gasteiger partial charge in [0.1, 0.15) is 4.90 Å². The molecule has 2 rings (SSSR count). The minimum absolute atomic E-state index is 0.0369. The van der Waals surface area contributed by atoms with Crippen LogP contribution in [-0.2, 0) is 23.3 Å². The van der Waals surface area contributed by atoms with E-state index in [0.29, 0.717) is 11.1 Å². The molecule has 3 N–H and O–H groups in total. The smallest absolute Gasteiger partial charge is 0.295 e. The average Bonchev–Trinajstić information content (AvgIpc) is 2.43. The second-order valence-electron chi connectivity index (χ2n) is 5.15. The highest BCUT2D eigenvalue weighted by Gasteiger charge is 2.19. The van der Waals surface area contributed by atoms with Crippen molar-refractivity contribution in [3.05, 3.63) is 58.9 Å². The summed E-state index contributed by atoms with van der Waals surface area (Å²) in [6, 6.07) is 6.94. The molecule has 0 bridgehead atoms. The van der Waals surface area contributed by atoms with Gasteiger partial charge in [-0.3, -0.25) is 4.55 Å². The molecule has 1 aromatic carbocycles. The molecule has 0 aliphatic heterocycles. The third-order valence-corrected chi connectivity index (χ3v) is 4.39. The SMILES string of the molecule is Cc1cc(C)c(S(=O)(=O)O)c(CN[n+]2ccc(CO)cc2)c1. The van der Waals surface area contributed by atoms with Crippen molar-refractivity contribution >= 4 is 10.1 Å². The predicted molar refractivity (Wildman–Crippen MR) is 81.4 cm³/mol. The van der Waals surface area contributed by atoms with Gasteiger partial charge in [-0.25, -0.2) is 0 Å². The number of hydrogen-bond donors (Lipinski definition) is 3. The Labute approximate surface area is 129 Å². The Bertz CT molecular complexity index is 771. The van der Waals surface area contributed by atoms with Crippen LogP contribution in [0.4, 0.5) is 0 Å². The van der Waals surface area contributed by atoms with Gasteiger partial charge in [0.25, 0.3) is 10.1 Å². The summed E-state index contributed by atoms with van der Waals surface area (Å²) in [6.07, 6.45) is 3.45. The standard InChI is InChI=1S/C15H18N2O4S/c1-11-7-12(2)15(22(19,20)21)14(8-11)9-16-17-5-3-13(10-18)4-6-17/h3-8,16,18H,9-10H2,1-2H3/p+1. The van der Waals surface area contributed by atoms with E-state index in [1.54, 1.807) is 48.3 Å². The highest BCUT2D eigenvalue weighted by Crippen LogP contribution is 2.22. The molecule has 0 aliphatic rings. The lowest BCUT2D eigenvalue weighted by Crippen LogP contribution is -2.44. The average molecular weight is 323 g/mol. The number of nitrogens with zero attached hydrogens (tertiary/aromatic N) is 1. The minimum Gasteiger partial charge on any atom is -0.392 e. The van der Waals surface area contributed by atoms with Crippen LogP contribution in [-0.4, -0.2) is 18.1 Å². The van der Waals surface area contributed by atoms with Gasteiger partial charge in [-0.05, 0) is 30.5 Å². The van der Waals surface area contributed by atoms with Gasteiger partial charge in [0.15, 0.2) is 12.4 Å². The van der Waals surface area contributed by atoms with Crippen molar-refractivity contribution < 1.29 is 22.8 Å². The van der Waals surface area contributed by atoms with Crippen molar-refractivity contribution in [1.82, 2.24) is 0 Å². The lowest BCUT2D eigenvalue weighted by atomic mass is 10.1. The van der Waals surface area contributed by atoms with Gasteiger partial charge in [0.2, 0.25) is 0 Å². The van der Waals surface area contributed by atoms with Gasteiger partial charge in [-0.15, -0.1) is 0 Å². The Morgan fingerprint density at radius 3 is 2.36 bits per heavy atom. The van der Waals surface area contributed by atoms with Gasteiger partial charge in [-0.2, -0.15) is 13.8 Å². The molecule has 0 saturated heterocycles. The normalized spacial score (nSPS) is 11.5. The van der Waals surface area contributed by atoms with E-state index in [1.165, 1.54) is 0 Å². The third-order valence-electron chi connectivity index (χ3n) is 3.29. The van der Waals surface area contributed by atoms with E-state index in [0.717, 1.165) is 11.1 Å². The second-order valence-corrected chi connectivity index (χ2v) is 6.51. The first-order chi connectivity index (χ1) is 10.3. The molecule has 0 radical (unpaired) electrons. The molecule has 0 amide bonds. The molecule has 1 heterocycles. The zero-order valence-corrected chi connectivity index (χ0v) is 13.3. The Balaban J connectivity index is 2.28. The Kier molecular flexibility index (Phi) is 4.80. The van der Waals surface area contributed by atoms with Gasteiger partial charge < -0.3 is 5.11 Å². The van der Waals surface area contributed by atoms with Gasteiger partial charge in [0.05, 0.1) is 13.2 Å². The molecular weight excluding hydrogens is 304 g/mol. The summed E-state index contributed by atoms with van der Waals surface area (Å²) in [5, 5.41) is 9.00. The highest BCUT2D eigenvalue weighted by atomic mass is 32.2. The van der Waals surface area contributed by atoms with Crippen molar-refractivity contribution in [3.8, 4) is 0 Å². The Morgan fingerprint density at radius 2 is 1.82 bits per heavy atom. The molecule has 1 aromatic heterocycles. The summed E-state index contributed by atoms with van der Waals surface area (Å²) in [5.41, 5.74) is 5.75. The number of aromatic nitrogens is 1. The summed E-state index contributed by atoms with van der Waals surface area (Å²) >= 11 is 0. The minimum atomic E-state index is -4.28. The molecule has 2 aromatic rings. The highest BCUT2D eigenvalue weighted by molar-refractivity contribution is 7.86. The topological polar surface area (TPSA) is 90.5 Å². The molecule has 7 heteroatoms. The van der Waals surface area contributed by atoms with Crippen LogP contribution >= 0.6 is 0 Å². The number of rotatable bonds is 5. The maximum Gasteiger partial charge on any atom is 0.295 e. The zero-order chi connectivity index (χ0) is 16.3. The van der Waals surface area contributed by atoms with E-state index in [4.69, 9.17) is 5.11 Å². The van der Waals surface area contributed by atoms with Crippen molar-refractivity contribution in [2.75, 3.05) is 5.43 Å². The fraction of sp³-hybridized carbons (Fsp3) is 0.267. The van der Waals surface area contributed by atoms with Crippen LogP contribution in [0.1, 0.15) is 22.3 Å². The Hall–Kier alpha value is -1.96. The molecule has 6 nitrogen and oxygen atoms in total. The fourth-order valence-electron chi connectivity index (χ4n) is 2.39. The molecular formula is C15H19N2O4S+. The van der Waals surface area contributed by atoms with Crippen LogP contribution < -0.4 is 10.1 Å². The summed E-state index contributed by atoms with van der Waals surface area (Å²) < 4.78 is 34.2. The van der Waals surface area contributed by atoms with Gasteiger partial charge in [-0.1, -0.05) is 22.4 Å². The lowest BCUT2D eigenvalue weighted by Gasteiger charge is -2.11. The molecule has 118 valence electrons. The molecule has 0 atom stereocenters. The number of hydrogen-bond acceptors (Lipinski definition) is 4. The predicted octanol–water partition coefficient (Wildman–Crippen LogP) is 1.07. The maximum atomic E-state index is 11.6. The summed E-state index contributed by atoms with van der Waals surface area (Å²) in [5.74, 6) is 0. The molecule has 0 fully saturated rings. The van der Waals surface area contributed by atoms with Crippen molar-refractivity contribution in [2.45, 2.75) is 31.9 Å². The van der Waals surface area contributed by atoms with Crippen molar-refractivity contribution in [1.29, 1.82) is 0 Å². The van der Waals surface area contributed by atoms with Crippen LogP contribution in [0.2, 0.25) is 0 Å². The fourth-order valence-corrected chi connectivity index (χ4v) is 3.32. The van der Waals surface area contributed by atoms with E-state index in [9.17, 15) is 13.0 Å². The van der Waals surface area contributed by atoms with E-state index in [-0.39, 0.29) is 18.0 Å². The van der Waals surface area contributed by atoms with Crippen molar-refractivity contribution in [3.63, 3.8) is 0 Å². The number of benzene rings is 1. The van der Waals surface area contributed by atoms with E-state index in [2.05, 4.69) is 5.43 Å². The van der Waals surface area contributed by atoms with Gasteiger partial charge >= 0.3 is 0 Å². The molecule has 0 unspecified atom stereocenters. The summed E-state index contributed by atoms with van der Waals surface area (Å²) in [6.45, 7) is 3.72. The van der Waals surface area contributed by atoms with E-state index in [1.807, 2.05) is 6.92 Å². The molecule has 22 heavy (non-hydrogen) atoms. The van der Waals surface area contributed by atoms with E-state index < -0.39 is 10.1 Å². The van der Waals surface area contributed by atoms with Crippen molar-refractivity contribution in [2.24, 2.45) is 0 Å². The molecule has 0 spiro atoms. The first-order valence-corrected chi connectivity index (χ1v) is 8.18. The number of pyridine rings is 1. The van der Waals surface area contributed by atoms with Crippen LogP contribution in [0, 0.1) is 13.8 Å². The van der Waals surface area contributed by atoms with Gasteiger partial charge in [0, 0.05) is 12.1 Å². The van der Waals surface area contributed by atoms with Crippen LogP contribution in [0.5, 0.6) is 0 Å². The monoisotopic (exact) mass is 323 g/mol. The quantitative estimate of drug-likeness (QED) is 0.566. The first-order valence-electron chi connectivity index (χ1n) is 6.74. The first kappa shape index (κ1) is 16.4. The summed E-state index contributed by atoms with van der Waals surface area (Å²) in [7, 11) is -4.28. The van der Waals surface area contributed by atoms with E-state index >= 15 is 0 Å². The Morgan fingerprint density at radius 1 is 1.18 bits per heavy atom. The lowest BCUT2D eigenvalue weighted by molar-refractivity contribution is -0.651. The summed E-state index contributed by atoms with van der Waals surface area (Å²) in [4.78, 5) is -0.0572. The van der Waals surface area contributed by atoms with Crippen LogP contribution in [0.25, 0.3) is 0 Å². The third kappa shape index (κ3) is 3.82.